The molecule has 1 aliphatic rings. The molecule has 8 nitrogen and oxygen atoms in total. The maximum absolute atomic E-state index is 12.6. The Morgan fingerprint density at radius 2 is 2.00 bits per heavy atom. The number of aryl methyl sites for hydroxylation is 1. The molecule has 1 saturated heterocycles. The molecule has 33 heavy (non-hydrogen) atoms. The van der Waals surface area contributed by atoms with E-state index in [1.54, 1.807) is 11.1 Å². The quantitative estimate of drug-likeness (QED) is 0.598. The molecule has 1 fully saturated rings. The van der Waals surface area contributed by atoms with Crippen LogP contribution in [0.4, 0.5) is 10.6 Å². The molecule has 2 amide bonds. The summed E-state index contributed by atoms with van der Waals surface area (Å²) in [6.07, 6.45) is 7.67. The van der Waals surface area contributed by atoms with Crippen LogP contribution in [0.2, 0.25) is 0 Å². The lowest BCUT2D eigenvalue weighted by atomic mass is 9.91. The van der Waals surface area contributed by atoms with Crippen molar-refractivity contribution in [3.8, 4) is 17.4 Å². The van der Waals surface area contributed by atoms with E-state index in [0.717, 1.165) is 23.4 Å². The number of amides is 2. The van der Waals surface area contributed by atoms with Gasteiger partial charge in [0.05, 0.1) is 25.7 Å². The first-order valence-corrected chi connectivity index (χ1v) is 10.8. The van der Waals surface area contributed by atoms with E-state index in [1.165, 1.54) is 25.1 Å². The Balaban J connectivity index is 1.37. The van der Waals surface area contributed by atoms with E-state index in [-0.39, 0.29) is 11.9 Å². The average molecular weight is 446 g/mol. The Kier molecular flexibility index (Phi) is 6.83. The minimum Gasteiger partial charge on any atom is -0.480 e. The van der Waals surface area contributed by atoms with E-state index in [4.69, 9.17) is 9.47 Å². The smallest absolute Gasteiger partial charge is 0.323 e. The SMILES string of the molecule is COc1cnc(NC(=O)N2CC/C(=C\c3cccc(Oc4ccc(C)nc4)c3)C(C)C2)cn1. The van der Waals surface area contributed by atoms with Crippen LogP contribution in [0.15, 0.2) is 60.6 Å². The fraction of sp³-hybridized carbons (Fsp3) is 0.280. The zero-order valence-corrected chi connectivity index (χ0v) is 19.0. The maximum atomic E-state index is 12.6. The summed E-state index contributed by atoms with van der Waals surface area (Å²) in [6.45, 7) is 5.35. The van der Waals surface area contributed by atoms with Crippen molar-refractivity contribution in [2.75, 3.05) is 25.5 Å². The lowest BCUT2D eigenvalue weighted by Gasteiger charge is -2.33. The van der Waals surface area contributed by atoms with E-state index < -0.39 is 0 Å². The molecular weight excluding hydrogens is 418 g/mol. The van der Waals surface area contributed by atoms with E-state index >= 15 is 0 Å². The number of anilines is 1. The summed E-state index contributed by atoms with van der Waals surface area (Å²) in [5.74, 6) is 2.51. The van der Waals surface area contributed by atoms with Gasteiger partial charge in [-0.3, -0.25) is 10.3 Å². The van der Waals surface area contributed by atoms with E-state index in [9.17, 15) is 4.79 Å². The molecule has 1 atom stereocenters. The molecule has 1 unspecified atom stereocenters. The Morgan fingerprint density at radius 1 is 1.12 bits per heavy atom. The van der Waals surface area contributed by atoms with Crippen molar-refractivity contribution in [2.45, 2.75) is 20.3 Å². The summed E-state index contributed by atoms with van der Waals surface area (Å²) in [4.78, 5) is 26.9. The number of piperidine rings is 1. The third kappa shape index (κ3) is 5.85. The number of urea groups is 1. The topological polar surface area (TPSA) is 89.5 Å². The highest BCUT2D eigenvalue weighted by Crippen LogP contribution is 2.28. The van der Waals surface area contributed by atoms with Crippen molar-refractivity contribution in [1.82, 2.24) is 19.9 Å². The predicted octanol–water partition coefficient (Wildman–Crippen LogP) is 4.94. The fourth-order valence-corrected chi connectivity index (χ4v) is 3.66. The number of likely N-dealkylation sites (tertiary alicyclic amines) is 1. The normalized spacial score (nSPS) is 17.0. The summed E-state index contributed by atoms with van der Waals surface area (Å²) in [6, 6.07) is 11.6. The molecule has 8 heteroatoms. The number of hydrogen-bond acceptors (Lipinski definition) is 6. The van der Waals surface area contributed by atoms with Crippen molar-refractivity contribution in [3.63, 3.8) is 0 Å². The van der Waals surface area contributed by atoms with Gasteiger partial charge in [-0.05, 0) is 49.1 Å². The molecule has 1 N–H and O–H groups in total. The van der Waals surface area contributed by atoms with Crippen molar-refractivity contribution < 1.29 is 14.3 Å². The molecule has 0 aliphatic carbocycles. The van der Waals surface area contributed by atoms with Gasteiger partial charge < -0.3 is 14.4 Å². The summed E-state index contributed by atoms with van der Waals surface area (Å²) in [7, 11) is 1.52. The van der Waals surface area contributed by atoms with Crippen LogP contribution in [-0.4, -0.2) is 46.1 Å². The third-order valence-corrected chi connectivity index (χ3v) is 5.49. The van der Waals surface area contributed by atoms with Gasteiger partial charge in [-0.2, -0.15) is 0 Å². The van der Waals surface area contributed by atoms with Gasteiger partial charge in [-0.25, -0.2) is 14.8 Å². The highest BCUT2D eigenvalue weighted by atomic mass is 16.5. The minimum atomic E-state index is -0.178. The second-order valence-corrected chi connectivity index (χ2v) is 8.00. The van der Waals surface area contributed by atoms with Gasteiger partial charge in [0.15, 0.2) is 5.82 Å². The molecule has 0 spiro atoms. The number of benzene rings is 1. The van der Waals surface area contributed by atoms with Crippen molar-refractivity contribution in [1.29, 1.82) is 0 Å². The number of nitrogens with one attached hydrogen (secondary N) is 1. The highest BCUT2D eigenvalue weighted by molar-refractivity contribution is 5.88. The average Bonchev–Trinajstić information content (AvgIpc) is 2.82. The first kappa shape index (κ1) is 22.3. The number of hydrogen-bond donors (Lipinski definition) is 1. The van der Waals surface area contributed by atoms with Crippen molar-refractivity contribution in [3.05, 3.63) is 71.8 Å². The Hall–Kier alpha value is -3.94. The van der Waals surface area contributed by atoms with Crippen LogP contribution in [0.5, 0.6) is 17.4 Å². The number of rotatable bonds is 5. The van der Waals surface area contributed by atoms with Crippen LogP contribution >= 0.6 is 0 Å². The molecule has 0 saturated carbocycles. The fourth-order valence-electron chi connectivity index (χ4n) is 3.66. The van der Waals surface area contributed by atoms with Crippen molar-refractivity contribution >= 4 is 17.9 Å². The van der Waals surface area contributed by atoms with Gasteiger partial charge in [0.1, 0.15) is 11.5 Å². The molecule has 1 aromatic carbocycles. The summed E-state index contributed by atoms with van der Waals surface area (Å²) >= 11 is 0. The Bertz CT molecular complexity index is 1130. The predicted molar refractivity (Wildman–Crippen MR) is 126 cm³/mol. The number of ether oxygens (including phenoxy) is 2. The molecule has 3 heterocycles. The number of methoxy groups -OCH3 is 1. The number of carbonyl (C=O) groups excluding carboxylic acids is 1. The molecule has 3 aromatic rings. The summed E-state index contributed by atoms with van der Waals surface area (Å²) < 4.78 is 10.9. The lowest BCUT2D eigenvalue weighted by Crippen LogP contribution is -2.42. The largest absolute Gasteiger partial charge is 0.480 e. The van der Waals surface area contributed by atoms with Gasteiger partial charge >= 0.3 is 6.03 Å². The lowest BCUT2D eigenvalue weighted by molar-refractivity contribution is 0.197. The van der Waals surface area contributed by atoms with Gasteiger partial charge in [0.25, 0.3) is 0 Å². The first-order chi connectivity index (χ1) is 16.0. The van der Waals surface area contributed by atoms with Gasteiger partial charge in [-0.15, -0.1) is 0 Å². The van der Waals surface area contributed by atoms with Gasteiger partial charge in [-0.1, -0.05) is 30.7 Å². The molecule has 170 valence electrons. The number of aromatic nitrogens is 3. The Morgan fingerprint density at radius 3 is 2.70 bits per heavy atom. The number of nitrogens with zero attached hydrogens (tertiary/aromatic N) is 4. The second kappa shape index (κ2) is 10.1. The summed E-state index contributed by atoms with van der Waals surface area (Å²) in [5, 5.41) is 2.80. The van der Waals surface area contributed by atoms with Crippen molar-refractivity contribution in [2.24, 2.45) is 5.92 Å². The molecule has 4 rings (SSSR count). The van der Waals surface area contributed by atoms with Crippen LogP contribution in [0.1, 0.15) is 24.6 Å². The standard InChI is InChI=1S/C25H27N5O3/c1-17-16-30(25(31)29-23-14-28-24(32-3)15-27-23)10-9-20(17)11-19-5-4-6-21(12-19)33-22-8-7-18(2)26-13-22/h4-8,11-15,17H,9-10,16H2,1-3H3,(H,27,29,31)/b20-11+. The maximum Gasteiger partial charge on any atom is 0.323 e. The second-order valence-electron chi connectivity index (χ2n) is 8.00. The monoisotopic (exact) mass is 445 g/mol. The van der Waals surface area contributed by atoms with Crippen LogP contribution < -0.4 is 14.8 Å². The number of pyridine rings is 1. The molecule has 2 aromatic heterocycles. The first-order valence-electron chi connectivity index (χ1n) is 10.8. The van der Waals surface area contributed by atoms with E-state index in [2.05, 4.69) is 39.3 Å². The van der Waals surface area contributed by atoms with Crippen LogP contribution in [0.3, 0.4) is 0 Å². The minimum absolute atomic E-state index is 0.178. The van der Waals surface area contributed by atoms with Crippen LogP contribution in [0, 0.1) is 12.8 Å². The molecule has 0 bridgehead atoms. The summed E-state index contributed by atoms with van der Waals surface area (Å²) in [5.41, 5.74) is 3.32. The van der Waals surface area contributed by atoms with E-state index in [1.807, 2.05) is 37.3 Å². The zero-order valence-electron chi connectivity index (χ0n) is 19.0. The molecule has 0 radical (unpaired) electrons. The van der Waals surface area contributed by atoms with Gasteiger partial charge in [0, 0.05) is 18.8 Å². The van der Waals surface area contributed by atoms with Crippen LogP contribution in [-0.2, 0) is 0 Å². The number of carbonyl (C=O) groups is 1. The Labute approximate surface area is 193 Å². The van der Waals surface area contributed by atoms with E-state index in [0.29, 0.717) is 30.5 Å². The molecule has 1 aliphatic heterocycles. The highest BCUT2D eigenvalue weighted by Gasteiger charge is 2.24. The van der Waals surface area contributed by atoms with Gasteiger partial charge in [0.2, 0.25) is 5.88 Å². The van der Waals surface area contributed by atoms with Crippen LogP contribution in [0.25, 0.3) is 6.08 Å². The molecular formula is C25H27N5O3. The third-order valence-electron chi connectivity index (χ3n) is 5.49. The zero-order chi connectivity index (χ0) is 23.2.